The van der Waals surface area contributed by atoms with Gasteiger partial charge in [-0.1, -0.05) is 35.9 Å². The average Bonchev–Trinajstić information content (AvgIpc) is 3.49. The van der Waals surface area contributed by atoms with Gasteiger partial charge in [0.2, 0.25) is 0 Å². The molecule has 0 aliphatic carbocycles. The van der Waals surface area contributed by atoms with E-state index in [0.717, 1.165) is 28.2 Å². The van der Waals surface area contributed by atoms with Gasteiger partial charge in [0, 0.05) is 18.1 Å². The summed E-state index contributed by atoms with van der Waals surface area (Å²) in [5.41, 5.74) is 1.62. The zero-order valence-corrected chi connectivity index (χ0v) is 20.4. The number of anilines is 1. The van der Waals surface area contributed by atoms with Crippen molar-refractivity contribution in [2.45, 2.75) is 32.7 Å². The van der Waals surface area contributed by atoms with Crippen LogP contribution in [0, 0.1) is 18.7 Å². The van der Waals surface area contributed by atoms with Crippen molar-refractivity contribution in [2.75, 3.05) is 18.4 Å². The minimum absolute atomic E-state index is 0.0698. The first kappa shape index (κ1) is 22.7. The summed E-state index contributed by atoms with van der Waals surface area (Å²) in [7, 11) is 0. The second-order valence-electron chi connectivity index (χ2n) is 8.61. The molecule has 4 aromatic rings. The number of amides is 1. The molecule has 1 amide bonds. The molecule has 3 heterocycles. The number of rotatable bonds is 5. The number of aromatic nitrogens is 4. The smallest absolute Gasteiger partial charge is 0.256 e. The molecule has 1 aliphatic heterocycles. The number of nitrogens with one attached hydrogen (secondary N) is 1. The Morgan fingerprint density at radius 1 is 1.26 bits per heavy atom. The SMILES string of the molecule is Cc1ccc(C(=O)N2CCC[C@@H](C)[C@H]2CNc2nc3cc(Cl)ccc3s2)c(-n2nccn2)c1F. The van der Waals surface area contributed by atoms with E-state index in [1.165, 1.54) is 17.2 Å². The maximum absolute atomic E-state index is 15.1. The molecular weight excluding hydrogens is 475 g/mol. The Kier molecular flexibility index (Phi) is 6.22. The number of likely N-dealkylation sites (tertiary alicyclic amines) is 1. The van der Waals surface area contributed by atoms with Crippen LogP contribution in [0.2, 0.25) is 5.02 Å². The van der Waals surface area contributed by atoms with Crippen LogP contribution in [0.25, 0.3) is 15.9 Å². The number of carbonyl (C=O) groups excluding carboxylic acids is 1. The van der Waals surface area contributed by atoms with Gasteiger partial charge in [0.05, 0.1) is 34.2 Å². The molecule has 0 saturated carbocycles. The van der Waals surface area contributed by atoms with Gasteiger partial charge >= 0.3 is 0 Å². The van der Waals surface area contributed by atoms with Crippen LogP contribution >= 0.6 is 22.9 Å². The Hall–Kier alpha value is -3.04. The monoisotopic (exact) mass is 498 g/mol. The van der Waals surface area contributed by atoms with E-state index >= 15 is 4.39 Å². The number of fused-ring (bicyclic) bond motifs is 1. The van der Waals surface area contributed by atoms with E-state index < -0.39 is 5.82 Å². The average molecular weight is 499 g/mol. The normalized spacial score (nSPS) is 18.4. The maximum Gasteiger partial charge on any atom is 0.256 e. The van der Waals surface area contributed by atoms with Crippen molar-refractivity contribution < 1.29 is 9.18 Å². The predicted octanol–water partition coefficient (Wildman–Crippen LogP) is 5.33. The number of aryl methyl sites for hydroxylation is 1. The molecule has 1 N–H and O–H groups in total. The fourth-order valence-corrected chi connectivity index (χ4v) is 5.52. The minimum Gasteiger partial charge on any atom is -0.359 e. The first-order valence-electron chi connectivity index (χ1n) is 11.2. The van der Waals surface area contributed by atoms with E-state index in [9.17, 15) is 4.79 Å². The molecule has 7 nitrogen and oxygen atoms in total. The van der Waals surface area contributed by atoms with E-state index in [1.54, 1.807) is 30.4 Å². The second-order valence-corrected chi connectivity index (χ2v) is 10.1. The molecule has 2 atom stereocenters. The molecule has 34 heavy (non-hydrogen) atoms. The highest BCUT2D eigenvalue weighted by atomic mass is 35.5. The zero-order valence-electron chi connectivity index (χ0n) is 18.8. The van der Waals surface area contributed by atoms with Crippen LogP contribution in [-0.4, -0.2) is 49.9 Å². The summed E-state index contributed by atoms with van der Waals surface area (Å²) < 4.78 is 16.2. The van der Waals surface area contributed by atoms with E-state index in [2.05, 4.69) is 27.4 Å². The van der Waals surface area contributed by atoms with E-state index in [4.69, 9.17) is 11.6 Å². The van der Waals surface area contributed by atoms with E-state index in [-0.39, 0.29) is 29.1 Å². The number of nitrogens with zero attached hydrogens (tertiary/aromatic N) is 5. The molecule has 1 fully saturated rings. The van der Waals surface area contributed by atoms with E-state index in [0.29, 0.717) is 23.7 Å². The molecule has 1 aliphatic rings. The van der Waals surface area contributed by atoms with Gasteiger partial charge in [0.15, 0.2) is 10.9 Å². The van der Waals surface area contributed by atoms with Gasteiger partial charge in [-0.05, 0) is 55.5 Å². The zero-order chi connectivity index (χ0) is 23.8. The Balaban J connectivity index is 1.43. The summed E-state index contributed by atoms with van der Waals surface area (Å²) in [5, 5.41) is 13.0. The molecule has 0 unspecified atom stereocenters. The summed E-state index contributed by atoms with van der Waals surface area (Å²) in [6, 6.07) is 8.87. The Bertz CT molecular complexity index is 1340. The Morgan fingerprint density at radius 2 is 2.06 bits per heavy atom. The first-order valence-corrected chi connectivity index (χ1v) is 12.4. The highest BCUT2D eigenvalue weighted by Gasteiger charge is 2.34. The van der Waals surface area contributed by atoms with Crippen molar-refractivity contribution in [1.82, 2.24) is 24.9 Å². The second kappa shape index (κ2) is 9.31. The van der Waals surface area contributed by atoms with Gasteiger partial charge in [0.25, 0.3) is 5.91 Å². The van der Waals surface area contributed by atoms with Gasteiger partial charge in [0.1, 0.15) is 5.69 Å². The molecule has 2 aromatic heterocycles. The largest absolute Gasteiger partial charge is 0.359 e. The number of thiazole rings is 1. The van der Waals surface area contributed by atoms with Crippen LogP contribution in [0.3, 0.4) is 0 Å². The number of hydrogen-bond donors (Lipinski definition) is 1. The number of benzene rings is 2. The number of halogens is 2. The van der Waals surface area contributed by atoms with Crippen LogP contribution in [0.4, 0.5) is 9.52 Å². The molecule has 0 bridgehead atoms. The molecular formula is C24H24ClFN6OS. The topological polar surface area (TPSA) is 75.9 Å². The summed E-state index contributed by atoms with van der Waals surface area (Å²) in [4.78, 5) is 21.4. The lowest BCUT2D eigenvalue weighted by atomic mass is 9.90. The lowest BCUT2D eigenvalue weighted by Gasteiger charge is -2.40. The van der Waals surface area contributed by atoms with Crippen molar-refractivity contribution in [3.63, 3.8) is 0 Å². The fraction of sp³-hybridized carbons (Fsp3) is 0.333. The lowest BCUT2D eigenvalue weighted by Crippen LogP contribution is -2.51. The third-order valence-electron chi connectivity index (χ3n) is 6.35. The highest BCUT2D eigenvalue weighted by molar-refractivity contribution is 7.22. The highest BCUT2D eigenvalue weighted by Crippen LogP contribution is 2.31. The Morgan fingerprint density at radius 3 is 2.85 bits per heavy atom. The third-order valence-corrected chi connectivity index (χ3v) is 7.58. The maximum atomic E-state index is 15.1. The van der Waals surface area contributed by atoms with Crippen LogP contribution in [0.1, 0.15) is 35.7 Å². The summed E-state index contributed by atoms with van der Waals surface area (Å²) in [6.07, 6.45) is 4.85. The lowest BCUT2D eigenvalue weighted by molar-refractivity contribution is 0.0539. The predicted molar refractivity (Wildman–Crippen MR) is 132 cm³/mol. The van der Waals surface area contributed by atoms with Crippen molar-refractivity contribution >= 4 is 44.2 Å². The third kappa shape index (κ3) is 4.25. The van der Waals surface area contributed by atoms with E-state index in [1.807, 2.05) is 23.1 Å². The van der Waals surface area contributed by atoms with Crippen LogP contribution in [-0.2, 0) is 0 Å². The van der Waals surface area contributed by atoms with Crippen molar-refractivity contribution in [3.05, 3.63) is 64.7 Å². The summed E-state index contributed by atoms with van der Waals surface area (Å²) >= 11 is 7.64. The van der Waals surface area contributed by atoms with Gasteiger partial charge in [-0.15, -0.1) is 4.80 Å². The summed E-state index contributed by atoms with van der Waals surface area (Å²) in [6.45, 7) is 4.96. The molecule has 0 radical (unpaired) electrons. The van der Waals surface area contributed by atoms with Gasteiger partial charge in [-0.25, -0.2) is 9.37 Å². The molecule has 10 heteroatoms. The first-order chi connectivity index (χ1) is 16.4. The molecule has 5 rings (SSSR count). The van der Waals surface area contributed by atoms with Crippen LogP contribution in [0.15, 0.2) is 42.7 Å². The minimum atomic E-state index is -0.491. The summed E-state index contributed by atoms with van der Waals surface area (Å²) in [5.74, 6) is -0.439. The van der Waals surface area contributed by atoms with Gasteiger partial charge < -0.3 is 10.2 Å². The number of piperidine rings is 1. The van der Waals surface area contributed by atoms with Crippen molar-refractivity contribution in [1.29, 1.82) is 0 Å². The fourth-order valence-electron chi connectivity index (χ4n) is 4.50. The molecule has 1 saturated heterocycles. The van der Waals surface area contributed by atoms with Crippen molar-refractivity contribution in [3.8, 4) is 5.69 Å². The molecule has 2 aromatic carbocycles. The van der Waals surface area contributed by atoms with Crippen LogP contribution < -0.4 is 5.32 Å². The van der Waals surface area contributed by atoms with Crippen LogP contribution in [0.5, 0.6) is 0 Å². The standard InChI is InChI=1S/C24H24ClFN6OS/c1-14-4-3-11-31(19(14)13-27-24-30-18-12-16(25)6-8-20(18)34-24)23(33)17-7-5-15(2)21(26)22(17)32-28-9-10-29-32/h5-10,12,14,19H,3-4,11,13H2,1-2H3,(H,27,30)/t14-,19-/m1/s1. The van der Waals surface area contributed by atoms with Crippen molar-refractivity contribution in [2.24, 2.45) is 5.92 Å². The van der Waals surface area contributed by atoms with Gasteiger partial charge in [-0.3, -0.25) is 4.79 Å². The number of carbonyl (C=O) groups is 1. The Labute approximate surface area is 205 Å². The quantitative estimate of drug-likeness (QED) is 0.402. The number of hydrogen-bond acceptors (Lipinski definition) is 6. The molecule has 176 valence electrons. The van der Waals surface area contributed by atoms with Gasteiger partial charge in [-0.2, -0.15) is 10.2 Å². The molecule has 0 spiro atoms.